The molecular weight excluding hydrogens is 210 g/mol. The molecule has 0 aromatic heterocycles. The van der Waals surface area contributed by atoms with Gasteiger partial charge in [-0.2, -0.15) is 17.2 Å². The lowest BCUT2D eigenvalue weighted by Crippen LogP contribution is -2.24. The molecule has 0 amide bonds. The quantitative estimate of drug-likeness (QED) is 0.303. The zero-order chi connectivity index (χ0) is 9.12. The van der Waals surface area contributed by atoms with E-state index in [9.17, 15) is 17.2 Å². The predicted octanol–water partition coefficient (Wildman–Crippen LogP) is 0.494. The third kappa shape index (κ3) is 3.27. The lowest BCUT2D eigenvalue weighted by molar-refractivity contribution is -0.433. The fourth-order valence-corrected chi connectivity index (χ4v) is 0.635. The van der Waals surface area contributed by atoms with Crippen LogP contribution in [0.2, 0.25) is 0 Å². The molecule has 0 spiro atoms. The van der Waals surface area contributed by atoms with Crippen molar-refractivity contribution in [3.05, 3.63) is 0 Å². The molecule has 2 N–H and O–H groups in total. The van der Waals surface area contributed by atoms with Gasteiger partial charge in [0.2, 0.25) is 0 Å². The molecule has 0 radical (unpaired) electrons. The second-order valence-electron chi connectivity index (χ2n) is 1.16. The summed E-state index contributed by atoms with van der Waals surface area (Å²) in [4.78, 5) is 0. The van der Waals surface area contributed by atoms with E-state index in [1.54, 1.807) is 0 Å². The normalized spacial score (nSPS) is 13.5. The topological polar surface area (TPSA) is 93.1 Å². The Morgan fingerprint density at radius 2 is 1.91 bits per heavy atom. The van der Waals surface area contributed by atoms with Crippen molar-refractivity contribution in [3.8, 4) is 0 Å². The van der Waals surface area contributed by atoms with Crippen LogP contribution < -0.4 is 0 Å². The van der Waals surface area contributed by atoms with E-state index in [-0.39, 0.29) is 0 Å². The summed E-state index contributed by atoms with van der Waals surface area (Å²) in [7, 11) is -5.56. The maximum atomic E-state index is 11.9. The van der Waals surface area contributed by atoms with Gasteiger partial charge < -0.3 is 0 Å². The van der Waals surface area contributed by atoms with Gasteiger partial charge in [-0.15, -0.1) is 4.33 Å². The third-order valence-electron chi connectivity index (χ3n) is 0.462. The summed E-state index contributed by atoms with van der Waals surface area (Å²) in [6, 6.07) is 0. The van der Waals surface area contributed by atoms with Crippen LogP contribution in [0.5, 0.6) is 0 Å². The first kappa shape index (κ1) is 11.0. The average molecular weight is 212 g/mol. The van der Waals surface area contributed by atoms with Crippen LogP contribution in [-0.2, 0) is 19.5 Å². The van der Waals surface area contributed by atoms with Crippen LogP contribution >= 0.6 is 12.0 Å². The van der Waals surface area contributed by atoms with Crippen LogP contribution in [0.25, 0.3) is 0 Å². The van der Waals surface area contributed by atoms with E-state index in [1.165, 1.54) is 0 Å². The first-order valence-corrected chi connectivity index (χ1v) is 4.00. The molecule has 0 aliphatic rings. The molecule has 0 saturated heterocycles. The minimum Gasteiger partial charge on any atom is -0.280 e. The van der Waals surface area contributed by atoms with Gasteiger partial charge in [-0.25, -0.2) is 5.26 Å². The maximum absolute atomic E-state index is 11.9. The lowest BCUT2D eigenvalue weighted by atomic mass is 11.6. The van der Waals surface area contributed by atoms with E-state index in [1.807, 2.05) is 0 Å². The van der Waals surface area contributed by atoms with E-state index in [0.29, 0.717) is 0 Å². The summed E-state index contributed by atoms with van der Waals surface area (Å²) in [6.45, 7) is 0. The molecule has 0 fully saturated rings. The Morgan fingerprint density at radius 1 is 1.45 bits per heavy atom. The molecule has 10 heteroatoms. The van der Waals surface area contributed by atoms with Crippen molar-refractivity contribution in [2.45, 2.75) is 4.59 Å². The Kier molecular flexibility index (Phi) is 3.60. The summed E-state index contributed by atoms with van der Waals surface area (Å²) >= 11 is -1.06. The highest BCUT2D eigenvalue weighted by Gasteiger charge is 2.47. The molecule has 0 aliphatic heterocycles. The highest BCUT2D eigenvalue weighted by Crippen LogP contribution is 2.34. The molecule has 0 aromatic carbocycles. The smallest absolute Gasteiger partial charge is 0.280 e. The maximum Gasteiger partial charge on any atom is 0.444 e. The molecule has 6 nitrogen and oxygen atoms in total. The molecule has 11 heavy (non-hydrogen) atoms. The average Bonchev–Trinajstić information content (AvgIpc) is 1.81. The molecule has 0 atom stereocenters. The Morgan fingerprint density at radius 3 is 2.18 bits per heavy atom. The zero-order valence-corrected chi connectivity index (χ0v) is 6.23. The van der Waals surface area contributed by atoms with E-state index >= 15 is 0 Å². The van der Waals surface area contributed by atoms with Crippen molar-refractivity contribution >= 4 is 22.2 Å². The van der Waals surface area contributed by atoms with Gasteiger partial charge in [-0.05, 0) is 0 Å². The van der Waals surface area contributed by atoms with Crippen LogP contribution in [0.3, 0.4) is 0 Å². The van der Waals surface area contributed by atoms with Crippen LogP contribution in [0.1, 0.15) is 0 Å². The van der Waals surface area contributed by atoms with Gasteiger partial charge in [0, 0.05) is 0 Å². The van der Waals surface area contributed by atoms with Crippen LogP contribution in [-0.4, -0.2) is 22.8 Å². The fourth-order valence-electron chi connectivity index (χ4n) is 0.0978. The monoisotopic (exact) mass is 212 g/mol. The van der Waals surface area contributed by atoms with E-state index in [2.05, 4.69) is 9.37 Å². The molecule has 0 unspecified atom stereocenters. The summed E-state index contributed by atoms with van der Waals surface area (Å²) in [5.41, 5.74) is 0. The molecule has 0 aromatic rings. The molecule has 68 valence electrons. The van der Waals surface area contributed by atoms with Gasteiger partial charge >= 0.3 is 14.7 Å². The minimum atomic E-state index is -5.56. The number of hydrogen-bond acceptors (Lipinski definition) is 6. The first-order chi connectivity index (χ1) is 4.81. The van der Waals surface area contributed by atoms with E-state index < -0.39 is 26.7 Å². The second-order valence-corrected chi connectivity index (χ2v) is 3.70. The highest BCUT2D eigenvalue weighted by atomic mass is 32.3. The van der Waals surface area contributed by atoms with Crippen molar-refractivity contribution in [1.29, 1.82) is 0 Å². The minimum absolute atomic E-state index is 1.06. The zero-order valence-electron chi connectivity index (χ0n) is 4.60. The molecule has 0 rings (SSSR count). The second kappa shape index (κ2) is 3.60. The summed E-state index contributed by atoms with van der Waals surface area (Å²) in [6.07, 6.45) is 0. The summed E-state index contributed by atoms with van der Waals surface area (Å²) in [5.74, 6) is 0. The lowest BCUT2D eigenvalue weighted by Gasteiger charge is -2.07. The van der Waals surface area contributed by atoms with Crippen molar-refractivity contribution in [1.82, 2.24) is 0 Å². The third-order valence-corrected chi connectivity index (χ3v) is 2.22. The highest BCUT2D eigenvalue weighted by molar-refractivity contribution is 8.09. The molecule has 0 heterocycles. The van der Waals surface area contributed by atoms with Crippen molar-refractivity contribution in [2.75, 3.05) is 0 Å². The van der Waals surface area contributed by atoms with Gasteiger partial charge in [0.05, 0.1) is 0 Å². The van der Waals surface area contributed by atoms with Crippen molar-refractivity contribution < 1.29 is 36.4 Å². The standard InChI is InChI=1S/CH2F2O6S2/c2-1(3,10-9-8-4)11(5,6)7/h4H,(H,5,6,7). The molecule has 0 bridgehead atoms. The number of halogens is 2. The Labute approximate surface area is 63.9 Å². The fraction of sp³-hybridized carbons (Fsp3) is 1.00. The van der Waals surface area contributed by atoms with Gasteiger partial charge in [0.25, 0.3) is 0 Å². The van der Waals surface area contributed by atoms with E-state index in [0.717, 1.165) is 0 Å². The van der Waals surface area contributed by atoms with Gasteiger partial charge in [-0.1, -0.05) is 5.04 Å². The Balaban J connectivity index is 4.24. The largest absolute Gasteiger partial charge is 0.444 e. The summed E-state index contributed by atoms with van der Waals surface area (Å²) < 4.78 is 49.6. The Hall–Kier alpha value is -0.0000000000000000971. The predicted molar refractivity (Wildman–Crippen MR) is 28.9 cm³/mol. The number of hydrogen-bond donors (Lipinski definition) is 2. The van der Waals surface area contributed by atoms with Crippen LogP contribution in [0.15, 0.2) is 0 Å². The SMILES string of the molecule is O=S(=O)(O)C(F)(F)SOOO. The number of alkyl halides is 2. The van der Waals surface area contributed by atoms with E-state index in [4.69, 9.17) is 9.81 Å². The molecule has 0 aliphatic carbocycles. The molecule has 0 saturated carbocycles. The van der Waals surface area contributed by atoms with Crippen molar-refractivity contribution in [3.63, 3.8) is 0 Å². The Bertz CT molecular complexity index is 209. The molecular formula is CH2F2O6S2. The van der Waals surface area contributed by atoms with Gasteiger partial charge in [0.15, 0.2) is 0 Å². The van der Waals surface area contributed by atoms with Gasteiger partial charge in [-0.3, -0.25) is 4.55 Å². The van der Waals surface area contributed by atoms with Crippen LogP contribution in [0.4, 0.5) is 8.78 Å². The van der Waals surface area contributed by atoms with Gasteiger partial charge in [0.1, 0.15) is 12.0 Å². The number of rotatable bonds is 4. The van der Waals surface area contributed by atoms with Crippen molar-refractivity contribution in [2.24, 2.45) is 0 Å². The first-order valence-electron chi connectivity index (χ1n) is 1.82. The summed E-state index contributed by atoms with van der Waals surface area (Å²) in [5, 5.41) is 10.0. The van der Waals surface area contributed by atoms with Crippen LogP contribution in [0, 0.1) is 0 Å².